The molecule has 0 aliphatic carbocycles. The van der Waals surface area contributed by atoms with Gasteiger partial charge >= 0.3 is 0 Å². The number of phenols is 1. The number of rotatable bonds is 4. The Balaban J connectivity index is 2.37. The first-order valence-electron chi connectivity index (χ1n) is 6.68. The lowest BCUT2D eigenvalue weighted by Crippen LogP contribution is -2.45. The minimum Gasteiger partial charge on any atom is -0.505 e. The van der Waals surface area contributed by atoms with E-state index in [2.05, 4.69) is 16.8 Å². The molecule has 0 amide bonds. The van der Waals surface area contributed by atoms with Crippen LogP contribution in [0.2, 0.25) is 0 Å². The molecule has 2 rings (SSSR count). The van der Waals surface area contributed by atoms with Crippen LogP contribution in [-0.2, 0) is 0 Å². The topological polar surface area (TPSA) is 35.5 Å². The number of piperazine rings is 1. The van der Waals surface area contributed by atoms with Crippen molar-refractivity contribution in [2.24, 2.45) is 0 Å². The maximum absolute atomic E-state index is 13.6. The highest BCUT2D eigenvalue weighted by Crippen LogP contribution is 2.35. The molecule has 1 aromatic rings. The zero-order valence-corrected chi connectivity index (χ0v) is 11.3. The molecule has 1 fully saturated rings. The van der Waals surface area contributed by atoms with Crippen molar-refractivity contribution in [2.75, 3.05) is 26.2 Å². The van der Waals surface area contributed by atoms with Gasteiger partial charge in [0.15, 0.2) is 11.6 Å². The van der Waals surface area contributed by atoms with Gasteiger partial charge in [0.1, 0.15) is 0 Å². The van der Waals surface area contributed by atoms with Crippen molar-refractivity contribution >= 4 is 0 Å². The summed E-state index contributed by atoms with van der Waals surface area (Å²) in [5.41, 5.74) is 1.62. The lowest BCUT2D eigenvalue weighted by atomic mass is 9.95. The van der Waals surface area contributed by atoms with E-state index in [1.807, 2.05) is 13.0 Å². The average molecular weight is 264 g/mol. The molecule has 19 heavy (non-hydrogen) atoms. The van der Waals surface area contributed by atoms with Gasteiger partial charge in [-0.15, -0.1) is 6.58 Å². The third kappa shape index (κ3) is 2.96. The van der Waals surface area contributed by atoms with Crippen LogP contribution in [0.1, 0.15) is 23.6 Å². The van der Waals surface area contributed by atoms with Crippen LogP contribution in [0.15, 0.2) is 24.8 Å². The van der Waals surface area contributed by atoms with Crippen molar-refractivity contribution < 1.29 is 9.50 Å². The minimum absolute atomic E-state index is 0.00435. The van der Waals surface area contributed by atoms with Gasteiger partial charge in [0.25, 0.3) is 0 Å². The third-order valence-electron chi connectivity index (χ3n) is 3.70. The maximum atomic E-state index is 13.6. The fourth-order valence-corrected chi connectivity index (χ4v) is 2.70. The highest BCUT2D eigenvalue weighted by atomic mass is 19.1. The molecule has 0 spiro atoms. The second-order valence-corrected chi connectivity index (χ2v) is 4.95. The van der Waals surface area contributed by atoms with Crippen LogP contribution in [0, 0.1) is 12.7 Å². The Labute approximate surface area is 113 Å². The van der Waals surface area contributed by atoms with E-state index in [0.29, 0.717) is 12.0 Å². The zero-order valence-electron chi connectivity index (χ0n) is 11.3. The van der Waals surface area contributed by atoms with Crippen LogP contribution in [0.25, 0.3) is 0 Å². The number of halogens is 1. The summed E-state index contributed by atoms with van der Waals surface area (Å²) in [5, 5.41) is 13.4. The average Bonchev–Trinajstić information content (AvgIpc) is 2.43. The molecule has 0 aromatic heterocycles. The molecule has 1 heterocycles. The van der Waals surface area contributed by atoms with Crippen molar-refractivity contribution in [3.63, 3.8) is 0 Å². The summed E-state index contributed by atoms with van der Waals surface area (Å²) in [6.07, 6.45) is 2.54. The highest BCUT2D eigenvalue weighted by Gasteiger charge is 2.26. The van der Waals surface area contributed by atoms with Gasteiger partial charge < -0.3 is 10.4 Å². The van der Waals surface area contributed by atoms with E-state index in [-0.39, 0.29) is 11.8 Å². The quantitative estimate of drug-likeness (QED) is 0.820. The van der Waals surface area contributed by atoms with E-state index in [1.54, 1.807) is 6.07 Å². The molecule has 2 N–H and O–H groups in total. The lowest BCUT2D eigenvalue weighted by Gasteiger charge is -2.35. The van der Waals surface area contributed by atoms with Gasteiger partial charge in [-0.1, -0.05) is 12.1 Å². The van der Waals surface area contributed by atoms with E-state index in [0.717, 1.165) is 31.7 Å². The Hall–Kier alpha value is -1.39. The van der Waals surface area contributed by atoms with Gasteiger partial charge in [0.05, 0.1) is 0 Å². The summed E-state index contributed by atoms with van der Waals surface area (Å²) in [7, 11) is 0. The first-order chi connectivity index (χ1) is 9.15. The summed E-state index contributed by atoms with van der Waals surface area (Å²) in [4.78, 5) is 2.28. The SMILES string of the molecule is C=CC[C@H](c1c(C)ccc(F)c1O)N1CCNCC1. The zero-order chi connectivity index (χ0) is 13.8. The molecule has 0 unspecified atom stereocenters. The van der Waals surface area contributed by atoms with Gasteiger partial charge in [-0.2, -0.15) is 0 Å². The standard InChI is InChI=1S/C15H21FN2O/c1-3-4-13(18-9-7-17-8-10-18)14-11(2)5-6-12(16)15(14)19/h3,5-6,13,17,19H,1,4,7-10H2,2H3/t13-/m1/s1. The predicted octanol–water partition coefficient (Wildman–Crippen LogP) is 2.36. The molecule has 4 heteroatoms. The molecule has 1 aliphatic rings. The molecular formula is C15H21FN2O. The number of nitrogens with one attached hydrogen (secondary N) is 1. The maximum Gasteiger partial charge on any atom is 0.165 e. The Bertz CT molecular complexity index is 456. The van der Waals surface area contributed by atoms with Gasteiger partial charge in [0.2, 0.25) is 0 Å². The first-order valence-corrected chi connectivity index (χ1v) is 6.68. The van der Waals surface area contributed by atoms with Crippen molar-refractivity contribution in [2.45, 2.75) is 19.4 Å². The molecule has 3 nitrogen and oxygen atoms in total. The number of benzene rings is 1. The van der Waals surface area contributed by atoms with E-state index in [4.69, 9.17) is 0 Å². The van der Waals surface area contributed by atoms with E-state index >= 15 is 0 Å². The number of phenolic OH excluding ortho intramolecular Hbond substituents is 1. The molecule has 0 saturated carbocycles. The van der Waals surface area contributed by atoms with E-state index < -0.39 is 5.82 Å². The third-order valence-corrected chi connectivity index (χ3v) is 3.70. The second-order valence-electron chi connectivity index (χ2n) is 4.95. The van der Waals surface area contributed by atoms with E-state index in [9.17, 15) is 9.50 Å². The number of nitrogens with zero attached hydrogens (tertiary/aromatic N) is 1. The molecule has 1 aliphatic heterocycles. The lowest BCUT2D eigenvalue weighted by molar-refractivity contribution is 0.170. The number of hydrogen-bond donors (Lipinski definition) is 2. The van der Waals surface area contributed by atoms with Crippen molar-refractivity contribution in [1.29, 1.82) is 0 Å². The summed E-state index contributed by atoms with van der Waals surface area (Å²) in [6.45, 7) is 9.33. The van der Waals surface area contributed by atoms with Crippen LogP contribution in [-0.4, -0.2) is 36.2 Å². The smallest absolute Gasteiger partial charge is 0.165 e. The van der Waals surface area contributed by atoms with Gasteiger partial charge in [-0.25, -0.2) is 4.39 Å². The Morgan fingerprint density at radius 2 is 2.16 bits per heavy atom. The molecule has 1 saturated heterocycles. The molecule has 1 atom stereocenters. The molecule has 1 aromatic carbocycles. The van der Waals surface area contributed by atoms with Crippen LogP contribution in [0.3, 0.4) is 0 Å². The molecular weight excluding hydrogens is 243 g/mol. The Morgan fingerprint density at radius 3 is 2.79 bits per heavy atom. The molecule has 104 valence electrons. The van der Waals surface area contributed by atoms with Crippen molar-refractivity contribution in [3.05, 3.63) is 41.7 Å². The Kier molecular flexibility index (Phi) is 4.56. The van der Waals surface area contributed by atoms with Gasteiger partial charge in [-0.3, -0.25) is 4.90 Å². The fourth-order valence-electron chi connectivity index (χ4n) is 2.70. The molecule has 0 bridgehead atoms. The Morgan fingerprint density at radius 1 is 1.47 bits per heavy atom. The normalized spacial score (nSPS) is 18.2. The van der Waals surface area contributed by atoms with Gasteiger partial charge in [0, 0.05) is 37.8 Å². The van der Waals surface area contributed by atoms with Crippen LogP contribution < -0.4 is 5.32 Å². The fraction of sp³-hybridized carbons (Fsp3) is 0.467. The first kappa shape index (κ1) is 14.0. The summed E-state index contributed by atoms with van der Waals surface area (Å²) in [6, 6.07) is 3.04. The van der Waals surface area contributed by atoms with Crippen LogP contribution in [0.5, 0.6) is 5.75 Å². The summed E-state index contributed by atoms with van der Waals surface area (Å²) in [5.74, 6) is -0.768. The van der Waals surface area contributed by atoms with E-state index in [1.165, 1.54) is 6.07 Å². The second kappa shape index (κ2) is 6.17. The largest absolute Gasteiger partial charge is 0.505 e. The summed E-state index contributed by atoms with van der Waals surface area (Å²) < 4.78 is 13.6. The number of hydrogen-bond acceptors (Lipinski definition) is 3. The highest BCUT2D eigenvalue weighted by molar-refractivity contribution is 5.42. The van der Waals surface area contributed by atoms with Crippen molar-refractivity contribution in [1.82, 2.24) is 10.2 Å². The number of aryl methyl sites for hydroxylation is 1. The predicted molar refractivity (Wildman–Crippen MR) is 74.8 cm³/mol. The van der Waals surface area contributed by atoms with Gasteiger partial charge in [-0.05, 0) is 25.0 Å². The number of aromatic hydroxyl groups is 1. The van der Waals surface area contributed by atoms with Crippen LogP contribution >= 0.6 is 0 Å². The molecule has 0 radical (unpaired) electrons. The van der Waals surface area contributed by atoms with Crippen LogP contribution in [0.4, 0.5) is 4.39 Å². The summed E-state index contributed by atoms with van der Waals surface area (Å²) >= 11 is 0. The monoisotopic (exact) mass is 264 g/mol. The minimum atomic E-state index is -0.551. The van der Waals surface area contributed by atoms with Crippen molar-refractivity contribution in [3.8, 4) is 5.75 Å².